The Labute approximate surface area is 123 Å². The molecule has 0 spiro atoms. The number of carbonyl (C=O) groups is 1. The van der Waals surface area contributed by atoms with E-state index < -0.39 is 0 Å². The highest BCUT2D eigenvalue weighted by molar-refractivity contribution is 5.79. The maximum Gasteiger partial charge on any atom is 0.227 e. The molecule has 4 heteroatoms. The van der Waals surface area contributed by atoms with E-state index in [-0.39, 0.29) is 17.2 Å². The molecule has 0 aromatic rings. The minimum Gasteiger partial charge on any atom is -0.337 e. The van der Waals surface area contributed by atoms with E-state index in [0.29, 0.717) is 18.6 Å². The van der Waals surface area contributed by atoms with Crippen LogP contribution in [0.3, 0.4) is 0 Å². The summed E-state index contributed by atoms with van der Waals surface area (Å²) in [6.07, 6.45) is 3.39. The maximum atomic E-state index is 12.8. The summed E-state index contributed by atoms with van der Waals surface area (Å²) in [5, 5.41) is 0. The van der Waals surface area contributed by atoms with Gasteiger partial charge in [0.2, 0.25) is 5.91 Å². The number of rotatable bonds is 3. The zero-order chi connectivity index (χ0) is 14.9. The van der Waals surface area contributed by atoms with Gasteiger partial charge in [0.25, 0.3) is 0 Å². The Morgan fingerprint density at radius 2 is 2.05 bits per heavy atom. The zero-order valence-electron chi connectivity index (χ0n) is 13.6. The molecule has 2 aliphatic rings. The smallest absolute Gasteiger partial charge is 0.227 e. The van der Waals surface area contributed by atoms with E-state index >= 15 is 0 Å². The number of hydrogen-bond acceptors (Lipinski definition) is 3. The van der Waals surface area contributed by atoms with Crippen molar-refractivity contribution < 1.29 is 4.79 Å². The molecule has 116 valence electrons. The maximum absolute atomic E-state index is 12.8. The highest BCUT2D eigenvalue weighted by Gasteiger charge is 2.38. The molecule has 2 heterocycles. The lowest BCUT2D eigenvalue weighted by molar-refractivity contribution is -0.141. The van der Waals surface area contributed by atoms with Crippen molar-refractivity contribution in [2.75, 3.05) is 26.2 Å². The molecular weight excluding hydrogens is 250 g/mol. The van der Waals surface area contributed by atoms with Gasteiger partial charge in [-0.1, -0.05) is 20.8 Å². The Morgan fingerprint density at radius 1 is 1.35 bits per heavy atom. The highest BCUT2D eigenvalue weighted by Crippen LogP contribution is 2.29. The molecule has 2 aliphatic heterocycles. The number of fused-ring (bicyclic) bond motifs is 1. The van der Waals surface area contributed by atoms with Gasteiger partial charge in [0, 0.05) is 31.7 Å². The summed E-state index contributed by atoms with van der Waals surface area (Å²) in [4.78, 5) is 17.5. The van der Waals surface area contributed by atoms with Crippen LogP contribution in [0, 0.1) is 11.3 Å². The molecule has 4 nitrogen and oxygen atoms in total. The topological polar surface area (TPSA) is 49.6 Å². The zero-order valence-corrected chi connectivity index (χ0v) is 13.6. The quantitative estimate of drug-likeness (QED) is 0.856. The third kappa shape index (κ3) is 3.53. The molecule has 1 amide bonds. The molecule has 0 saturated carbocycles. The predicted octanol–water partition coefficient (Wildman–Crippen LogP) is 1.69. The van der Waals surface area contributed by atoms with Gasteiger partial charge in [0.05, 0.1) is 5.92 Å². The van der Waals surface area contributed by atoms with Crippen LogP contribution in [0.2, 0.25) is 0 Å². The summed E-state index contributed by atoms with van der Waals surface area (Å²) in [6, 6.07) is 0.911. The lowest BCUT2D eigenvalue weighted by atomic mass is 9.83. The Kier molecular flexibility index (Phi) is 4.75. The monoisotopic (exact) mass is 281 g/mol. The van der Waals surface area contributed by atoms with Crippen molar-refractivity contribution >= 4 is 5.91 Å². The predicted molar refractivity (Wildman–Crippen MR) is 82.4 cm³/mol. The summed E-state index contributed by atoms with van der Waals surface area (Å²) >= 11 is 0. The van der Waals surface area contributed by atoms with Crippen LogP contribution in [-0.4, -0.2) is 54.0 Å². The summed E-state index contributed by atoms with van der Waals surface area (Å²) in [6.45, 7) is 12.3. The Hall–Kier alpha value is -0.610. The second kappa shape index (κ2) is 6.02. The summed E-state index contributed by atoms with van der Waals surface area (Å²) in [5.74, 6) is 0.256. The van der Waals surface area contributed by atoms with Gasteiger partial charge in [0.15, 0.2) is 0 Å². The number of hydrogen-bond donors (Lipinski definition) is 1. The largest absolute Gasteiger partial charge is 0.337 e. The Balaban J connectivity index is 2.03. The van der Waals surface area contributed by atoms with Gasteiger partial charge in [0.1, 0.15) is 0 Å². The van der Waals surface area contributed by atoms with E-state index in [0.717, 1.165) is 19.5 Å². The van der Waals surface area contributed by atoms with Crippen LogP contribution in [0.15, 0.2) is 0 Å². The average molecular weight is 281 g/mol. The normalized spacial score (nSPS) is 29.4. The number of carbonyl (C=O) groups excluding carboxylic acids is 1. The molecule has 0 radical (unpaired) electrons. The molecule has 0 aliphatic carbocycles. The van der Waals surface area contributed by atoms with Gasteiger partial charge < -0.3 is 10.6 Å². The molecule has 20 heavy (non-hydrogen) atoms. The van der Waals surface area contributed by atoms with Gasteiger partial charge in [-0.05, 0) is 38.1 Å². The number of nitrogens with two attached hydrogens (primary N) is 1. The number of amides is 1. The fourth-order valence-corrected chi connectivity index (χ4v) is 3.74. The molecule has 2 rings (SSSR count). The molecule has 2 fully saturated rings. The minimum atomic E-state index is -0.0228. The molecule has 3 unspecified atom stereocenters. The first-order valence-corrected chi connectivity index (χ1v) is 8.06. The van der Waals surface area contributed by atoms with Crippen LogP contribution in [0.5, 0.6) is 0 Å². The van der Waals surface area contributed by atoms with Crippen LogP contribution >= 0.6 is 0 Å². The van der Waals surface area contributed by atoms with E-state index in [1.807, 2.05) is 0 Å². The molecule has 0 aromatic heterocycles. The Morgan fingerprint density at radius 3 is 2.65 bits per heavy atom. The lowest BCUT2D eigenvalue weighted by Gasteiger charge is -2.44. The standard InChI is InChI=1S/C16H31N3O/c1-12-10-18-7-5-6-14(18)11-19(12)15(20)13(9-17)8-16(2,3)4/h12-14H,5-11,17H2,1-4H3. The molecule has 0 aromatic carbocycles. The highest BCUT2D eigenvalue weighted by atomic mass is 16.2. The van der Waals surface area contributed by atoms with Gasteiger partial charge in [-0.25, -0.2) is 0 Å². The SMILES string of the molecule is CC1CN2CCCC2CN1C(=O)C(CN)CC(C)(C)C. The lowest BCUT2D eigenvalue weighted by Crippen LogP contribution is -2.58. The minimum absolute atomic E-state index is 0.0228. The third-order valence-corrected chi connectivity index (χ3v) is 4.71. The van der Waals surface area contributed by atoms with Crippen LogP contribution in [0.25, 0.3) is 0 Å². The van der Waals surface area contributed by atoms with Crippen molar-refractivity contribution in [2.45, 2.75) is 59.0 Å². The van der Waals surface area contributed by atoms with Crippen molar-refractivity contribution in [3.63, 3.8) is 0 Å². The second-order valence-corrected chi connectivity index (χ2v) is 7.83. The molecule has 2 N–H and O–H groups in total. The van der Waals surface area contributed by atoms with E-state index in [1.54, 1.807) is 0 Å². The average Bonchev–Trinajstić information content (AvgIpc) is 2.80. The first-order valence-electron chi connectivity index (χ1n) is 8.06. The van der Waals surface area contributed by atoms with Crippen molar-refractivity contribution in [2.24, 2.45) is 17.1 Å². The van der Waals surface area contributed by atoms with E-state index in [2.05, 4.69) is 37.5 Å². The summed E-state index contributed by atoms with van der Waals surface area (Å²) in [5.41, 5.74) is 6.03. The van der Waals surface area contributed by atoms with Gasteiger partial charge in [-0.2, -0.15) is 0 Å². The molecular formula is C16H31N3O. The molecule has 2 saturated heterocycles. The first-order chi connectivity index (χ1) is 9.31. The fraction of sp³-hybridized carbons (Fsp3) is 0.938. The van der Waals surface area contributed by atoms with E-state index in [9.17, 15) is 4.79 Å². The van der Waals surface area contributed by atoms with Crippen molar-refractivity contribution in [3.05, 3.63) is 0 Å². The van der Waals surface area contributed by atoms with Crippen molar-refractivity contribution in [1.82, 2.24) is 9.80 Å². The van der Waals surface area contributed by atoms with Crippen LogP contribution in [0.4, 0.5) is 0 Å². The molecule has 3 atom stereocenters. The number of piperazine rings is 1. The third-order valence-electron chi connectivity index (χ3n) is 4.71. The second-order valence-electron chi connectivity index (χ2n) is 7.83. The van der Waals surface area contributed by atoms with Gasteiger partial charge in [-0.3, -0.25) is 9.69 Å². The van der Waals surface area contributed by atoms with Gasteiger partial charge >= 0.3 is 0 Å². The Bertz CT molecular complexity index is 350. The van der Waals surface area contributed by atoms with Crippen molar-refractivity contribution in [1.29, 1.82) is 0 Å². The van der Waals surface area contributed by atoms with Gasteiger partial charge in [-0.15, -0.1) is 0 Å². The first kappa shape index (κ1) is 15.8. The van der Waals surface area contributed by atoms with Crippen LogP contribution in [0.1, 0.15) is 47.0 Å². The van der Waals surface area contributed by atoms with Crippen LogP contribution < -0.4 is 5.73 Å². The fourth-order valence-electron chi connectivity index (χ4n) is 3.74. The van der Waals surface area contributed by atoms with E-state index in [4.69, 9.17) is 5.73 Å². The summed E-state index contributed by atoms with van der Waals surface area (Å²) < 4.78 is 0. The van der Waals surface area contributed by atoms with Crippen molar-refractivity contribution in [3.8, 4) is 0 Å². The van der Waals surface area contributed by atoms with Crippen LogP contribution in [-0.2, 0) is 4.79 Å². The molecule has 0 bridgehead atoms. The number of nitrogens with zero attached hydrogens (tertiary/aromatic N) is 2. The van der Waals surface area contributed by atoms with E-state index in [1.165, 1.54) is 19.4 Å². The summed E-state index contributed by atoms with van der Waals surface area (Å²) in [7, 11) is 0.